The van der Waals surface area contributed by atoms with Crippen LogP contribution >= 0.6 is 0 Å². The number of aromatic hydroxyl groups is 1. The molecule has 1 aliphatic carbocycles. The smallest absolute Gasteiger partial charge is 0.244 e. The molecule has 1 saturated carbocycles. The fraction of sp³-hybridized carbons (Fsp3) is 0.333. The van der Waals surface area contributed by atoms with Gasteiger partial charge in [0.05, 0.1) is 0 Å². The van der Waals surface area contributed by atoms with Crippen LogP contribution in [-0.4, -0.2) is 19.6 Å². The molecule has 2 rings (SSSR count). The van der Waals surface area contributed by atoms with E-state index in [1.807, 2.05) is 0 Å². The SMILES string of the molecule is O=S(=O)(NC1CC1)c1ccccc1O. The molecule has 1 aromatic carbocycles. The predicted octanol–water partition coefficient (Wildman–Crippen LogP) is 0.833. The monoisotopic (exact) mass is 213 g/mol. The molecule has 1 aliphatic rings. The summed E-state index contributed by atoms with van der Waals surface area (Å²) in [6.45, 7) is 0. The van der Waals surface area contributed by atoms with E-state index in [1.54, 1.807) is 12.1 Å². The molecule has 0 aromatic heterocycles. The second-order valence-corrected chi connectivity index (χ2v) is 5.05. The number of nitrogens with one attached hydrogen (secondary N) is 1. The lowest BCUT2D eigenvalue weighted by atomic mass is 10.3. The van der Waals surface area contributed by atoms with Crippen molar-refractivity contribution in [2.24, 2.45) is 0 Å². The Morgan fingerprint density at radius 3 is 2.50 bits per heavy atom. The van der Waals surface area contributed by atoms with Crippen molar-refractivity contribution >= 4 is 10.0 Å². The second kappa shape index (κ2) is 3.25. The number of hydrogen-bond donors (Lipinski definition) is 2. The first-order chi connectivity index (χ1) is 6.59. The topological polar surface area (TPSA) is 66.4 Å². The molecule has 0 saturated heterocycles. The number of para-hydroxylation sites is 1. The van der Waals surface area contributed by atoms with Crippen molar-refractivity contribution in [1.82, 2.24) is 4.72 Å². The van der Waals surface area contributed by atoms with E-state index >= 15 is 0 Å². The summed E-state index contributed by atoms with van der Waals surface area (Å²) in [4.78, 5) is -0.0492. The Morgan fingerprint density at radius 1 is 1.29 bits per heavy atom. The summed E-state index contributed by atoms with van der Waals surface area (Å²) in [6.07, 6.45) is 1.76. The second-order valence-electron chi connectivity index (χ2n) is 3.36. The summed E-state index contributed by atoms with van der Waals surface area (Å²) in [5, 5.41) is 9.36. The predicted molar refractivity (Wildman–Crippen MR) is 51.5 cm³/mol. The van der Waals surface area contributed by atoms with Gasteiger partial charge in [-0.1, -0.05) is 12.1 Å². The van der Waals surface area contributed by atoms with Crippen molar-refractivity contribution in [2.75, 3.05) is 0 Å². The Balaban J connectivity index is 2.33. The maximum atomic E-state index is 11.6. The van der Waals surface area contributed by atoms with Gasteiger partial charge in [-0.15, -0.1) is 0 Å². The van der Waals surface area contributed by atoms with Crippen LogP contribution in [0.2, 0.25) is 0 Å². The van der Waals surface area contributed by atoms with Crippen LogP contribution < -0.4 is 4.72 Å². The van der Waals surface area contributed by atoms with Gasteiger partial charge >= 0.3 is 0 Å². The Hall–Kier alpha value is -1.07. The lowest BCUT2D eigenvalue weighted by Gasteiger charge is -2.06. The largest absolute Gasteiger partial charge is 0.507 e. The number of rotatable bonds is 3. The van der Waals surface area contributed by atoms with Gasteiger partial charge in [0.25, 0.3) is 0 Å². The summed E-state index contributed by atoms with van der Waals surface area (Å²) in [5.74, 6) is -0.208. The van der Waals surface area contributed by atoms with Gasteiger partial charge in [-0.05, 0) is 25.0 Å². The first-order valence-corrected chi connectivity index (χ1v) is 5.88. The minimum Gasteiger partial charge on any atom is -0.507 e. The summed E-state index contributed by atoms with van der Waals surface area (Å²) in [7, 11) is -3.53. The highest BCUT2D eigenvalue weighted by Crippen LogP contribution is 2.25. The average molecular weight is 213 g/mol. The van der Waals surface area contributed by atoms with E-state index in [2.05, 4.69) is 4.72 Å². The normalized spacial score (nSPS) is 16.9. The summed E-state index contributed by atoms with van der Waals surface area (Å²) in [6, 6.07) is 5.98. The molecule has 0 spiro atoms. The molecular weight excluding hydrogens is 202 g/mol. The highest BCUT2D eigenvalue weighted by Gasteiger charge is 2.29. The fourth-order valence-corrected chi connectivity index (χ4v) is 2.57. The van der Waals surface area contributed by atoms with E-state index in [9.17, 15) is 13.5 Å². The minimum atomic E-state index is -3.53. The molecule has 0 aliphatic heterocycles. The van der Waals surface area contributed by atoms with Gasteiger partial charge in [-0.25, -0.2) is 13.1 Å². The van der Waals surface area contributed by atoms with Gasteiger partial charge in [-0.3, -0.25) is 0 Å². The first kappa shape index (κ1) is 9.48. The van der Waals surface area contributed by atoms with Crippen LogP contribution in [0.25, 0.3) is 0 Å². The third-order valence-electron chi connectivity index (χ3n) is 2.05. The van der Waals surface area contributed by atoms with Crippen molar-refractivity contribution < 1.29 is 13.5 Å². The highest BCUT2D eigenvalue weighted by atomic mass is 32.2. The Bertz CT molecular complexity index is 437. The van der Waals surface area contributed by atoms with E-state index in [0.29, 0.717) is 0 Å². The van der Waals surface area contributed by atoms with Crippen LogP contribution in [0.5, 0.6) is 5.75 Å². The van der Waals surface area contributed by atoms with Crippen molar-refractivity contribution in [2.45, 2.75) is 23.8 Å². The molecule has 14 heavy (non-hydrogen) atoms. The molecule has 76 valence electrons. The molecule has 5 heteroatoms. The molecule has 4 nitrogen and oxygen atoms in total. The number of hydrogen-bond acceptors (Lipinski definition) is 3. The Kier molecular flexibility index (Phi) is 2.20. The highest BCUT2D eigenvalue weighted by molar-refractivity contribution is 7.89. The minimum absolute atomic E-state index is 0.0492. The summed E-state index contributed by atoms with van der Waals surface area (Å²) >= 11 is 0. The van der Waals surface area contributed by atoms with E-state index in [-0.39, 0.29) is 16.7 Å². The van der Waals surface area contributed by atoms with Gasteiger partial charge < -0.3 is 5.11 Å². The summed E-state index contributed by atoms with van der Waals surface area (Å²) < 4.78 is 25.8. The molecule has 0 atom stereocenters. The van der Waals surface area contributed by atoms with Crippen molar-refractivity contribution in [3.05, 3.63) is 24.3 Å². The van der Waals surface area contributed by atoms with E-state index < -0.39 is 10.0 Å². The molecule has 0 unspecified atom stereocenters. The molecule has 0 bridgehead atoms. The molecule has 1 fully saturated rings. The van der Waals surface area contributed by atoms with Gasteiger partial charge in [-0.2, -0.15) is 0 Å². The van der Waals surface area contributed by atoms with Crippen molar-refractivity contribution in [3.63, 3.8) is 0 Å². The van der Waals surface area contributed by atoms with Crippen molar-refractivity contribution in [1.29, 1.82) is 0 Å². The first-order valence-electron chi connectivity index (χ1n) is 4.40. The van der Waals surface area contributed by atoms with Gasteiger partial charge in [0.2, 0.25) is 10.0 Å². The fourth-order valence-electron chi connectivity index (χ4n) is 1.17. The molecule has 0 amide bonds. The third-order valence-corrected chi connectivity index (χ3v) is 3.62. The molecule has 2 N–H and O–H groups in total. The van der Waals surface area contributed by atoms with E-state index in [4.69, 9.17) is 0 Å². The zero-order chi connectivity index (χ0) is 10.2. The summed E-state index contributed by atoms with van der Waals surface area (Å²) in [5.41, 5.74) is 0. The zero-order valence-electron chi connectivity index (χ0n) is 7.47. The number of phenolic OH excluding ortho intramolecular Hbond substituents is 1. The average Bonchev–Trinajstić information content (AvgIpc) is 2.88. The van der Waals surface area contributed by atoms with Crippen molar-refractivity contribution in [3.8, 4) is 5.75 Å². The lowest BCUT2D eigenvalue weighted by molar-refractivity contribution is 0.458. The molecule has 1 aromatic rings. The Labute approximate surface area is 82.6 Å². The number of phenols is 1. The number of benzene rings is 1. The van der Waals surface area contributed by atoms with Crippen LogP contribution in [0.3, 0.4) is 0 Å². The van der Waals surface area contributed by atoms with Crippen LogP contribution in [0.1, 0.15) is 12.8 Å². The molecule has 0 radical (unpaired) electrons. The quantitative estimate of drug-likeness (QED) is 0.781. The molecule has 0 heterocycles. The van der Waals surface area contributed by atoms with Crippen LogP contribution in [0, 0.1) is 0 Å². The van der Waals surface area contributed by atoms with Crippen LogP contribution in [-0.2, 0) is 10.0 Å². The maximum Gasteiger partial charge on any atom is 0.244 e. The zero-order valence-corrected chi connectivity index (χ0v) is 8.29. The Morgan fingerprint density at radius 2 is 1.93 bits per heavy atom. The van der Waals surface area contributed by atoms with Gasteiger partial charge in [0.1, 0.15) is 10.6 Å². The van der Waals surface area contributed by atoms with E-state index in [0.717, 1.165) is 12.8 Å². The molecular formula is C9H11NO3S. The standard InChI is InChI=1S/C9H11NO3S/c11-8-3-1-2-4-9(8)14(12,13)10-7-5-6-7/h1-4,7,10-11H,5-6H2. The van der Waals surface area contributed by atoms with Crippen LogP contribution in [0.15, 0.2) is 29.2 Å². The third kappa shape index (κ3) is 1.88. The van der Waals surface area contributed by atoms with Gasteiger partial charge in [0, 0.05) is 6.04 Å². The van der Waals surface area contributed by atoms with Gasteiger partial charge in [0.15, 0.2) is 0 Å². The number of sulfonamides is 1. The van der Waals surface area contributed by atoms with Crippen LogP contribution in [0.4, 0.5) is 0 Å². The maximum absolute atomic E-state index is 11.6. The lowest BCUT2D eigenvalue weighted by Crippen LogP contribution is -2.25. The van der Waals surface area contributed by atoms with E-state index in [1.165, 1.54) is 12.1 Å².